The molecular formula is C20H26N2O2. The first-order valence-corrected chi connectivity index (χ1v) is 8.28. The highest BCUT2D eigenvalue weighted by Crippen LogP contribution is 2.25. The van der Waals surface area contributed by atoms with Gasteiger partial charge in [-0.1, -0.05) is 38.1 Å². The fourth-order valence-corrected chi connectivity index (χ4v) is 2.60. The number of carbonyl (C=O) groups is 1. The molecule has 24 heavy (non-hydrogen) atoms. The van der Waals surface area contributed by atoms with Crippen molar-refractivity contribution in [1.82, 2.24) is 0 Å². The Labute approximate surface area is 144 Å². The van der Waals surface area contributed by atoms with Crippen LogP contribution in [-0.2, 0) is 4.79 Å². The molecule has 2 aromatic carbocycles. The number of amides is 1. The van der Waals surface area contributed by atoms with E-state index >= 15 is 0 Å². The third kappa shape index (κ3) is 4.75. The number of hydrogen-bond acceptors (Lipinski definition) is 3. The summed E-state index contributed by atoms with van der Waals surface area (Å²) in [6, 6.07) is 13.9. The number of aryl methyl sites for hydroxylation is 1. The lowest BCUT2D eigenvalue weighted by Crippen LogP contribution is -2.17. The number of rotatable bonds is 7. The predicted molar refractivity (Wildman–Crippen MR) is 100.0 cm³/mol. The van der Waals surface area contributed by atoms with Gasteiger partial charge in [-0.2, -0.15) is 0 Å². The van der Waals surface area contributed by atoms with Crippen molar-refractivity contribution < 1.29 is 9.53 Å². The maximum atomic E-state index is 12.2. The van der Waals surface area contributed by atoms with Crippen LogP contribution in [0.15, 0.2) is 42.5 Å². The zero-order valence-corrected chi connectivity index (χ0v) is 14.8. The molecule has 0 aliphatic heterocycles. The Balaban J connectivity index is 1.92. The number of methoxy groups -OCH3 is 1. The van der Waals surface area contributed by atoms with Crippen LogP contribution < -0.4 is 15.4 Å². The summed E-state index contributed by atoms with van der Waals surface area (Å²) in [5.74, 6) is 1.16. The highest BCUT2D eigenvalue weighted by Gasteiger charge is 2.09. The van der Waals surface area contributed by atoms with Crippen LogP contribution in [-0.4, -0.2) is 19.6 Å². The van der Waals surface area contributed by atoms with Gasteiger partial charge >= 0.3 is 0 Å². The second-order valence-electron chi connectivity index (χ2n) is 6.17. The quantitative estimate of drug-likeness (QED) is 0.784. The lowest BCUT2D eigenvalue weighted by Gasteiger charge is -2.14. The molecule has 0 saturated heterocycles. The molecule has 0 unspecified atom stereocenters. The summed E-state index contributed by atoms with van der Waals surface area (Å²) in [6.07, 6.45) is 0.392. The van der Waals surface area contributed by atoms with Crippen LogP contribution in [0.4, 0.5) is 11.4 Å². The molecule has 2 N–H and O–H groups in total. The Morgan fingerprint density at radius 2 is 1.88 bits per heavy atom. The van der Waals surface area contributed by atoms with Crippen molar-refractivity contribution in [2.45, 2.75) is 33.1 Å². The summed E-state index contributed by atoms with van der Waals surface area (Å²) in [7, 11) is 1.64. The van der Waals surface area contributed by atoms with Gasteiger partial charge in [0.05, 0.1) is 12.8 Å². The van der Waals surface area contributed by atoms with Gasteiger partial charge in [0.2, 0.25) is 5.91 Å². The van der Waals surface area contributed by atoms with Crippen LogP contribution in [0.1, 0.15) is 37.3 Å². The lowest BCUT2D eigenvalue weighted by atomic mass is 10.0. The zero-order valence-electron chi connectivity index (χ0n) is 14.8. The molecule has 0 bridgehead atoms. The van der Waals surface area contributed by atoms with E-state index < -0.39 is 0 Å². The molecule has 2 aromatic rings. The van der Waals surface area contributed by atoms with Crippen LogP contribution in [0, 0.1) is 6.92 Å². The van der Waals surface area contributed by atoms with E-state index in [2.05, 4.69) is 30.5 Å². The molecule has 0 heterocycles. The minimum absolute atomic E-state index is 0.00206. The molecule has 0 aliphatic carbocycles. The average molecular weight is 326 g/mol. The molecule has 0 saturated carbocycles. The molecule has 0 radical (unpaired) electrons. The molecule has 4 heteroatoms. The Bertz CT molecular complexity index is 696. The molecule has 0 atom stereocenters. The van der Waals surface area contributed by atoms with Gasteiger partial charge in [-0.05, 0) is 42.2 Å². The first kappa shape index (κ1) is 17.9. The lowest BCUT2D eigenvalue weighted by molar-refractivity contribution is -0.115. The van der Waals surface area contributed by atoms with Crippen molar-refractivity contribution in [1.29, 1.82) is 0 Å². The Kier molecular flexibility index (Phi) is 6.24. The maximum absolute atomic E-state index is 12.2. The molecular weight excluding hydrogens is 300 g/mol. The molecule has 0 aliphatic rings. The smallest absolute Gasteiger partial charge is 0.226 e. The second-order valence-corrected chi connectivity index (χ2v) is 6.17. The van der Waals surface area contributed by atoms with Crippen molar-refractivity contribution in [2.24, 2.45) is 0 Å². The van der Waals surface area contributed by atoms with Gasteiger partial charge in [0.1, 0.15) is 5.75 Å². The normalized spacial score (nSPS) is 10.5. The fourth-order valence-electron chi connectivity index (χ4n) is 2.60. The minimum atomic E-state index is 0.00206. The third-order valence-corrected chi connectivity index (χ3v) is 3.88. The maximum Gasteiger partial charge on any atom is 0.226 e. The standard InChI is InChI=1S/C20H26N2O2/c1-14(2)16-7-5-6-8-17(16)22-20(23)11-12-21-18-13-15(3)9-10-19(18)24-4/h5-10,13-14,21H,11-12H2,1-4H3,(H,22,23). The highest BCUT2D eigenvalue weighted by molar-refractivity contribution is 5.91. The number of para-hydroxylation sites is 1. The van der Waals surface area contributed by atoms with Gasteiger partial charge in [0.25, 0.3) is 0 Å². The van der Waals surface area contributed by atoms with Crippen molar-refractivity contribution in [3.05, 3.63) is 53.6 Å². The fraction of sp³-hybridized carbons (Fsp3) is 0.350. The average Bonchev–Trinajstić information content (AvgIpc) is 2.55. The van der Waals surface area contributed by atoms with Gasteiger partial charge in [-0.3, -0.25) is 4.79 Å². The monoisotopic (exact) mass is 326 g/mol. The topological polar surface area (TPSA) is 50.4 Å². The number of carbonyl (C=O) groups excluding carboxylic acids is 1. The van der Waals surface area contributed by atoms with E-state index in [9.17, 15) is 4.79 Å². The van der Waals surface area contributed by atoms with Gasteiger partial charge < -0.3 is 15.4 Å². The Hall–Kier alpha value is -2.49. The van der Waals surface area contributed by atoms with E-state index in [1.165, 1.54) is 0 Å². The van der Waals surface area contributed by atoms with Crippen LogP contribution in [0.2, 0.25) is 0 Å². The molecule has 0 fully saturated rings. The number of nitrogens with one attached hydrogen (secondary N) is 2. The summed E-state index contributed by atoms with van der Waals surface area (Å²) in [6.45, 7) is 6.82. The Morgan fingerprint density at radius 3 is 2.58 bits per heavy atom. The summed E-state index contributed by atoms with van der Waals surface area (Å²) in [4.78, 5) is 12.2. The summed E-state index contributed by atoms with van der Waals surface area (Å²) in [5.41, 5.74) is 4.10. The summed E-state index contributed by atoms with van der Waals surface area (Å²) in [5, 5.41) is 6.28. The van der Waals surface area contributed by atoms with E-state index in [4.69, 9.17) is 4.74 Å². The summed E-state index contributed by atoms with van der Waals surface area (Å²) >= 11 is 0. The van der Waals surface area contributed by atoms with Crippen LogP contribution in [0.25, 0.3) is 0 Å². The van der Waals surface area contributed by atoms with E-state index in [0.29, 0.717) is 18.9 Å². The number of ether oxygens (including phenoxy) is 1. The first-order valence-electron chi connectivity index (χ1n) is 8.28. The van der Waals surface area contributed by atoms with E-state index in [-0.39, 0.29) is 5.91 Å². The SMILES string of the molecule is COc1ccc(C)cc1NCCC(=O)Nc1ccccc1C(C)C. The first-order chi connectivity index (χ1) is 11.5. The van der Waals surface area contributed by atoms with Crippen molar-refractivity contribution in [2.75, 3.05) is 24.3 Å². The van der Waals surface area contributed by atoms with Crippen molar-refractivity contribution in [3.8, 4) is 5.75 Å². The summed E-state index contributed by atoms with van der Waals surface area (Å²) < 4.78 is 5.33. The van der Waals surface area contributed by atoms with E-state index in [0.717, 1.165) is 28.3 Å². The second kappa shape index (κ2) is 8.39. The predicted octanol–water partition coefficient (Wildman–Crippen LogP) is 4.57. The van der Waals surface area contributed by atoms with Gasteiger partial charge in [0, 0.05) is 18.7 Å². The third-order valence-electron chi connectivity index (χ3n) is 3.88. The number of benzene rings is 2. The molecule has 1 amide bonds. The van der Waals surface area contributed by atoms with Gasteiger partial charge in [-0.25, -0.2) is 0 Å². The number of hydrogen-bond donors (Lipinski definition) is 2. The van der Waals surface area contributed by atoms with Gasteiger partial charge in [-0.15, -0.1) is 0 Å². The zero-order chi connectivity index (χ0) is 17.5. The highest BCUT2D eigenvalue weighted by atomic mass is 16.5. The minimum Gasteiger partial charge on any atom is -0.495 e. The van der Waals surface area contributed by atoms with Crippen LogP contribution in [0.5, 0.6) is 5.75 Å². The van der Waals surface area contributed by atoms with E-state index in [1.807, 2.05) is 43.3 Å². The van der Waals surface area contributed by atoms with Crippen LogP contribution >= 0.6 is 0 Å². The number of anilines is 2. The van der Waals surface area contributed by atoms with Gasteiger partial charge in [0.15, 0.2) is 0 Å². The van der Waals surface area contributed by atoms with Crippen molar-refractivity contribution in [3.63, 3.8) is 0 Å². The molecule has 0 spiro atoms. The molecule has 0 aromatic heterocycles. The molecule has 2 rings (SSSR count). The largest absolute Gasteiger partial charge is 0.495 e. The van der Waals surface area contributed by atoms with Crippen molar-refractivity contribution >= 4 is 17.3 Å². The van der Waals surface area contributed by atoms with Crippen LogP contribution in [0.3, 0.4) is 0 Å². The Morgan fingerprint density at radius 1 is 1.12 bits per heavy atom. The molecule has 4 nitrogen and oxygen atoms in total. The van der Waals surface area contributed by atoms with E-state index in [1.54, 1.807) is 7.11 Å². The molecule has 128 valence electrons.